The van der Waals surface area contributed by atoms with E-state index in [1.807, 2.05) is 48.5 Å². The summed E-state index contributed by atoms with van der Waals surface area (Å²) in [5, 5.41) is 12.7. The number of carbonyl (C=O) groups is 1. The summed E-state index contributed by atoms with van der Waals surface area (Å²) in [5.41, 5.74) is 1.22. The van der Waals surface area contributed by atoms with E-state index in [1.165, 1.54) is 22.1 Å². The van der Waals surface area contributed by atoms with Crippen LogP contribution in [0.3, 0.4) is 0 Å². The molecule has 2 aromatic carbocycles. The second kappa shape index (κ2) is 9.89. The smallest absolute Gasteiger partial charge is 0.283 e. The average molecular weight is 508 g/mol. The molecule has 0 atom stereocenters. The molecule has 2 N–H and O–H groups in total. The second-order valence-electron chi connectivity index (χ2n) is 8.18. The van der Waals surface area contributed by atoms with Gasteiger partial charge in [0.15, 0.2) is 5.49 Å². The van der Waals surface area contributed by atoms with Crippen molar-refractivity contribution in [3.05, 3.63) is 90.4 Å². The van der Waals surface area contributed by atoms with Gasteiger partial charge in [-0.25, -0.2) is 4.68 Å². The van der Waals surface area contributed by atoms with E-state index in [4.69, 9.17) is 21.7 Å². The first-order chi connectivity index (χ1) is 17.0. The summed E-state index contributed by atoms with van der Waals surface area (Å²) in [5.74, 6) is 0.604. The Morgan fingerprint density at radius 1 is 1.14 bits per heavy atom. The molecular formula is C25H22ClN5O3S. The lowest BCUT2D eigenvalue weighted by Gasteiger charge is -2.10. The van der Waals surface area contributed by atoms with Crippen LogP contribution in [-0.4, -0.2) is 38.7 Å². The fourth-order valence-corrected chi connectivity index (χ4v) is 4.80. The lowest BCUT2D eigenvalue weighted by molar-refractivity contribution is -0.123. The number of hydrogen-bond donors (Lipinski definition) is 2. The molecule has 178 valence electrons. The monoisotopic (exact) mass is 507 g/mol. The molecule has 3 aliphatic rings. The summed E-state index contributed by atoms with van der Waals surface area (Å²) >= 11 is 7.08. The maximum atomic E-state index is 12.6. The third kappa shape index (κ3) is 5.21. The predicted octanol–water partition coefficient (Wildman–Crippen LogP) is 2.00. The van der Waals surface area contributed by atoms with E-state index < -0.39 is 5.56 Å². The van der Waals surface area contributed by atoms with Gasteiger partial charge < -0.3 is 9.64 Å². The van der Waals surface area contributed by atoms with Crippen LogP contribution in [0.4, 0.5) is 0 Å². The van der Waals surface area contributed by atoms with E-state index in [0.717, 1.165) is 37.1 Å². The molecular weight excluding hydrogens is 486 g/mol. The normalized spacial score (nSPS) is 14.7. The van der Waals surface area contributed by atoms with E-state index in [0.29, 0.717) is 27.2 Å². The first-order valence-electron chi connectivity index (χ1n) is 11.1. The van der Waals surface area contributed by atoms with Crippen LogP contribution in [0, 0.1) is 5.41 Å². The van der Waals surface area contributed by atoms with Crippen LogP contribution in [0.25, 0.3) is 17.3 Å². The van der Waals surface area contributed by atoms with Crippen molar-refractivity contribution in [2.45, 2.75) is 19.4 Å². The Hall–Kier alpha value is -3.69. The fourth-order valence-electron chi connectivity index (χ4n) is 3.83. The number of aromatic amines is 1. The van der Waals surface area contributed by atoms with E-state index in [-0.39, 0.29) is 16.6 Å². The summed E-state index contributed by atoms with van der Waals surface area (Å²) in [6.07, 6.45) is 5.15. The van der Waals surface area contributed by atoms with Gasteiger partial charge in [0.1, 0.15) is 17.0 Å². The van der Waals surface area contributed by atoms with Gasteiger partial charge in [-0.05, 0) is 54.3 Å². The molecule has 2 aromatic rings. The van der Waals surface area contributed by atoms with E-state index >= 15 is 0 Å². The Morgan fingerprint density at radius 2 is 1.86 bits per heavy atom. The van der Waals surface area contributed by atoms with Gasteiger partial charge in [-0.15, -0.1) is 0 Å². The molecule has 0 bridgehead atoms. The van der Waals surface area contributed by atoms with Crippen LogP contribution < -0.4 is 25.7 Å². The molecule has 3 aliphatic heterocycles. The minimum Gasteiger partial charge on any atom is -0.489 e. The van der Waals surface area contributed by atoms with Crippen molar-refractivity contribution in [3.63, 3.8) is 0 Å². The Bertz CT molecular complexity index is 1570. The quantitative estimate of drug-likeness (QED) is 0.431. The lowest BCUT2D eigenvalue weighted by Crippen LogP contribution is -2.47. The molecule has 5 rings (SSSR count). The van der Waals surface area contributed by atoms with E-state index in [9.17, 15) is 9.59 Å². The Kier molecular flexibility index (Phi) is 6.52. The Labute approximate surface area is 209 Å². The molecule has 1 fully saturated rings. The Balaban J connectivity index is 1.39. The van der Waals surface area contributed by atoms with Gasteiger partial charge in [0.25, 0.3) is 5.56 Å². The van der Waals surface area contributed by atoms with Crippen LogP contribution in [0.2, 0.25) is 5.02 Å². The van der Waals surface area contributed by atoms with E-state index in [2.05, 4.69) is 10.1 Å². The zero-order valence-corrected chi connectivity index (χ0v) is 20.2. The first-order valence-corrected chi connectivity index (χ1v) is 12.3. The molecule has 0 unspecified atom stereocenters. The van der Waals surface area contributed by atoms with Crippen molar-refractivity contribution in [1.82, 2.24) is 19.7 Å². The van der Waals surface area contributed by atoms with Crippen LogP contribution in [-0.2, 0) is 11.4 Å². The molecule has 0 spiro atoms. The predicted molar refractivity (Wildman–Crippen MR) is 134 cm³/mol. The summed E-state index contributed by atoms with van der Waals surface area (Å²) in [6.45, 7) is 1.92. The van der Waals surface area contributed by atoms with Crippen LogP contribution >= 0.6 is 22.9 Å². The first kappa shape index (κ1) is 23.1. The number of aromatic nitrogens is 3. The molecule has 3 heterocycles. The van der Waals surface area contributed by atoms with Gasteiger partial charge in [0, 0.05) is 24.2 Å². The largest absolute Gasteiger partial charge is 0.489 e. The topological polar surface area (TPSA) is 104 Å². The average Bonchev–Trinajstić information content (AvgIpc) is 3.53. The summed E-state index contributed by atoms with van der Waals surface area (Å²) < 4.78 is 7.77. The molecule has 8 nitrogen and oxygen atoms in total. The third-order valence-corrected chi connectivity index (χ3v) is 6.84. The highest BCUT2D eigenvalue weighted by molar-refractivity contribution is 7.11. The van der Waals surface area contributed by atoms with Gasteiger partial charge in [-0.3, -0.25) is 20.1 Å². The number of nitrogens with zero attached hydrogens (tertiary/aromatic N) is 3. The standard InChI is InChI=1S/C25H22ClN5O3S/c26-18-7-3-17(4-8-18)15-34-19-9-5-16(6-10-19)13-20-23(27)31-25(28-24(20)33)35-21(29-31)14-22(32)30-11-1-2-12-30/h3-10,13-14,27,29H,1-2,11-12,15H2/b20-13-,21-14+,27-23?. The van der Waals surface area contributed by atoms with Crippen molar-refractivity contribution in [1.29, 1.82) is 5.41 Å². The minimum absolute atomic E-state index is 0.0208. The zero-order valence-electron chi connectivity index (χ0n) is 18.7. The van der Waals surface area contributed by atoms with Crippen LogP contribution in [0.15, 0.2) is 53.3 Å². The SMILES string of the molecule is N=c1/c(=C/c2ccc(OCc3ccc(Cl)cc3)cc2)c(=O)nc2s/c(=C/C(=O)N3CCCC3)[nH]n1-2. The van der Waals surface area contributed by atoms with Crippen LogP contribution in [0.1, 0.15) is 24.0 Å². The number of rotatable bonds is 5. The highest BCUT2D eigenvalue weighted by Crippen LogP contribution is 2.16. The molecule has 0 radical (unpaired) electrons. The van der Waals surface area contributed by atoms with Crippen molar-refractivity contribution >= 4 is 41.0 Å². The number of halogens is 1. The minimum atomic E-state index is -0.495. The van der Waals surface area contributed by atoms with Gasteiger partial charge in [-0.1, -0.05) is 47.2 Å². The molecule has 10 heteroatoms. The second-order valence-corrected chi connectivity index (χ2v) is 9.63. The van der Waals surface area contributed by atoms with Gasteiger partial charge in [0.2, 0.25) is 11.0 Å². The number of amides is 1. The number of ether oxygens (including phenoxy) is 1. The number of benzene rings is 2. The summed E-state index contributed by atoms with van der Waals surface area (Å²) in [4.78, 5) is 31.0. The molecule has 35 heavy (non-hydrogen) atoms. The number of hydrogen-bond acceptors (Lipinski definition) is 6. The number of carbonyl (C=O) groups excluding carboxylic acids is 1. The molecule has 1 saturated heterocycles. The summed E-state index contributed by atoms with van der Waals surface area (Å²) in [7, 11) is 0. The van der Waals surface area contributed by atoms with Crippen molar-refractivity contribution in [3.8, 4) is 10.9 Å². The van der Waals surface area contributed by atoms with Gasteiger partial charge in [0.05, 0.1) is 5.22 Å². The maximum absolute atomic E-state index is 12.6. The number of fused-ring (bicyclic) bond motifs is 1. The van der Waals surface area contributed by atoms with Gasteiger partial charge >= 0.3 is 0 Å². The number of nitrogens with one attached hydrogen (secondary N) is 2. The molecule has 0 aromatic heterocycles. The maximum Gasteiger partial charge on any atom is 0.283 e. The Morgan fingerprint density at radius 3 is 2.57 bits per heavy atom. The molecule has 0 saturated carbocycles. The summed E-state index contributed by atoms with van der Waals surface area (Å²) in [6, 6.07) is 14.7. The highest BCUT2D eigenvalue weighted by Gasteiger charge is 2.17. The fraction of sp³-hybridized carbons (Fsp3) is 0.200. The number of likely N-dealkylation sites (tertiary alicyclic amines) is 1. The molecule has 1 amide bonds. The van der Waals surface area contributed by atoms with Crippen molar-refractivity contribution in [2.75, 3.05) is 13.1 Å². The third-order valence-electron chi connectivity index (χ3n) is 5.70. The highest BCUT2D eigenvalue weighted by atomic mass is 35.5. The number of H-pyrrole nitrogens is 1. The van der Waals surface area contributed by atoms with Crippen molar-refractivity contribution in [2.24, 2.45) is 0 Å². The molecule has 0 aliphatic carbocycles. The zero-order chi connectivity index (χ0) is 24.4. The van der Waals surface area contributed by atoms with E-state index in [1.54, 1.807) is 11.0 Å². The lowest BCUT2D eigenvalue weighted by atomic mass is 10.2. The van der Waals surface area contributed by atoms with Crippen LogP contribution in [0.5, 0.6) is 5.75 Å². The van der Waals surface area contributed by atoms with Gasteiger partial charge in [-0.2, -0.15) is 4.98 Å². The van der Waals surface area contributed by atoms with Crippen molar-refractivity contribution < 1.29 is 9.53 Å².